The standard InChI is InChI=1S/C23H23N3O3/c1-29-23(28)15-9-10-16-18(12-15)26-13-19(27)25-17-8-5-11-24-21(17)22(26)20(16)14-6-3-2-4-7-14/h5,8-12,14H,2-4,6-7,13H2,1H3,(H,25,27). The zero-order chi connectivity index (χ0) is 20.0. The van der Waals surface area contributed by atoms with E-state index in [1.807, 2.05) is 34.9 Å². The molecule has 2 aromatic heterocycles. The summed E-state index contributed by atoms with van der Waals surface area (Å²) in [5.41, 5.74) is 5.17. The molecule has 1 fully saturated rings. The molecule has 0 radical (unpaired) electrons. The monoisotopic (exact) mass is 389 g/mol. The number of fused-ring (bicyclic) bond motifs is 5. The summed E-state index contributed by atoms with van der Waals surface area (Å²) in [6.45, 7) is 0.194. The third-order valence-corrected chi connectivity index (χ3v) is 6.15. The van der Waals surface area contributed by atoms with Crippen molar-refractivity contribution in [3.63, 3.8) is 0 Å². The molecule has 0 saturated heterocycles. The summed E-state index contributed by atoms with van der Waals surface area (Å²) in [5.74, 6) is -0.0404. The Hall–Kier alpha value is -3.15. The van der Waals surface area contributed by atoms with Crippen LogP contribution in [0.4, 0.5) is 5.69 Å². The molecule has 1 saturated carbocycles. The number of pyridine rings is 1. The van der Waals surface area contributed by atoms with Crippen LogP contribution in [0.25, 0.3) is 22.3 Å². The zero-order valence-corrected chi connectivity index (χ0v) is 16.4. The van der Waals surface area contributed by atoms with Crippen molar-refractivity contribution in [1.29, 1.82) is 0 Å². The van der Waals surface area contributed by atoms with E-state index in [-0.39, 0.29) is 18.4 Å². The Labute approximate surface area is 168 Å². The first kappa shape index (κ1) is 17.9. The summed E-state index contributed by atoms with van der Waals surface area (Å²) in [6.07, 6.45) is 7.73. The van der Waals surface area contributed by atoms with Gasteiger partial charge in [0, 0.05) is 11.6 Å². The molecule has 3 aromatic rings. The normalized spacial score (nSPS) is 16.7. The maximum atomic E-state index is 12.7. The number of carbonyl (C=O) groups excluding carboxylic acids is 2. The van der Waals surface area contributed by atoms with Gasteiger partial charge >= 0.3 is 5.97 Å². The maximum Gasteiger partial charge on any atom is 0.337 e. The van der Waals surface area contributed by atoms with Crippen molar-refractivity contribution < 1.29 is 14.3 Å². The van der Waals surface area contributed by atoms with E-state index in [0.29, 0.717) is 11.5 Å². The topological polar surface area (TPSA) is 73.2 Å². The molecule has 29 heavy (non-hydrogen) atoms. The molecular weight excluding hydrogens is 366 g/mol. The second kappa shape index (κ2) is 7.03. The number of amides is 1. The quantitative estimate of drug-likeness (QED) is 0.656. The molecular formula is C23H23N3O3. The molecule has 0 bridgehead atoms. The number of hydrogen-bond acceptors (Lipinski definition) is 4. The number of anilines is 1. The molecule has 0 unspecified atom stereocenters. The lowest BCUT2D eigenvalue weighted by molar-refractivity contribution is -0.116. The number of nitrogens with one attached hydrogen (secondary N) is 1. The summed E-state index contributed by atoms with van der Waals surface area (Å²) < 4.78 is 6.94. The SMILES string of the molecule is COC(=O)c1ccc2c(C3CCCCC3)c3n(c2c1)CC(=O)Nc1cccnc1-3. The van der Waals surface area contributed by atoms with Crippen LogP contribution in [-0.2, 0) is 16.1 Å². The molecule has 6 nitrogen and oxygen atoms in total. The Morgan fingerprint density at radius 3 is 2.83 bits per heavy atom. The van der Waals surface area contributed by atoms with Crippen LogP contribution in [0, 0.1) is 0 Å². The van der Waals surface area contributed by atoms with Gasteiger partial charge < -0.3 is 14.6 Å². The zero-order valence-electron chi connectivity index (χ0n) is 16.4. The van der Waals surface area contributed by atoms with E-state index in [1.165, 1.54) is 31.9 Å². The average Bonchev–Trinajstić information content (AvgIpc) is 2.98. The van der Waals surface area contributed by atoms with Crippen molar-refractivity contribution >= 4 is 28.5 Å². The summed E-state index contributed by atoms with van der Waals surface area (Å²) in [5, 5.41) is 4.09. The number of benzene rings is 1. The summed E-state index contributed by atoms with van der Waals surface area (Å²) >= 11 is 0. The number of rotatable bonds is 2. The Morgan fingerprint density at radius 2 is 2.03 bits per heavy atom. The lowest BCUT2D eigenvalue weighted by atomic mass is 9.82. The number of hydrogen-bond donors (Lipinski definition) is 1. The summed E-state index contributed by atoms with van der Waals surface area (Å²) in [4.78, 5) is 29.5. The van der Waals surface area contributed by atoms with E-state index in [9.17, 15) is 9.59 Å². The molecule has 1 aliphatic carbocycles. The van der Waals surface area contributed by atoms with Gasteiger partial charge in [0.15, 0.2) is 0 Å². The number of methoxy groups -OCH3 is 1. The van der Waals surface area contributed by atoms with Crippen LogP contribution >= 0.6 is 0 Å². The second-order valence-corrected chi connectivity index (χ2v) is 7.85. The minimum Gasteiger partial charge on any atom is -0.465 e. The van der Waals surface area contributed by atoms with Crippen LogP contribution in [0.2, 0.25) is 0 Å². The van der Waals surface area contributed by atoms with Gasteiger partial charge in [-0.05, 0) is 48.6 Å². The van der Waals surface area contributed by atoms with E-state index in [4.69, 9.17) is 4.74 Å². The molecule has 6 heteroatoms. The molecule has 0 spiro atoms. The Morgan fingerprint density at radius 1 is 1.21 bits per heavy atom. The van der Waals surface area contributed by atoms with Crippen LogP contribution in [0.15, 0.2) is 36.5 Å². The smallest absolute Gasteiger partial charge is 0.337 e. The first-order valence-corrected chi connectivity index (χ1v) is 10.2. The lowest BCUT2D eigenvalue weighted by Gasteiger charge is -2.23. The predicted octanol–water partition coefficient (Wildman–Crippen LogP) is 4.49. The van der Waals surface area contributed by atoms with Gasteiger partial charge in [-0.25, -0.2) is 4.79 Å². The average molecular weight is 389 g/mol. The van der Waals surface area contributed by atoms with Crippen molar-refractivity contribution in [2.24, 2.45) is 0 Å². The van der Waals surface area contributed by atoms with Gasteiger partial charge in [0.25, 0.3) is 0 Å². The lowest BCUT2D eigenvalue weighted by Crippen LogP contribution is -2.16. The highest BCUT2D eigenvalue weighted by atomic mass is 16.5. The molecule has 148 valence electrons. The van der Waals surface area contributed by atoms with Crippen molar-refractivity contribution in [3.8, 4) is 11.4 Å². The highest BCUT2D eigenvalue weighted by molar-refractivity contribution is 6.03. The van der Waals surface area contributed by atoms with Crippen molar-refractivity contribution in [3.05, 3.63) is 47.7 Å². The second-order valence-electron chi connectivity index (χ2n) is 7.85. The molecule has 3 heterocycles. The summed E-state index contributed by atoms with van der Waals surface area (Å²) in [7, 11) is 1.38. The van der Waals surface area contributed by atoms with Crippen molar-refractivity contribution in [2.45, 2.75) is 44.6 Å². The molecule has 0 atom stereocenters. The van der Waals surface area contributed by atoms with Gasteiger partial charge in [0.05, 0.1) is 29.6 Å². The van der Waals surface area contributed by atoms with Crippen LogP contribution in [0.3, 0.4) is 0 Å². The number of aromatic nitrogens is 2. The molecule has 1 N–H and O–H groups in total. The van der Waals surface area contributed by atoms with Gasteiger partial charge in [-0.15, -0.1) is 0 Å². The largest absolute Gasteiger partial charge is 0.465 e. The molecule has 1 aromatic carbocycles. The minimum atomic E-state index is -0.377. The van der Waals surface area contributed by atoms with E-state index >= 15 is 0 Å². The number of esters is 1. The van der Waals surface area contributed by atoms with Gasteiger partial charge in [-0.1, -0.05) is 25.3 Å². The van der Waals surface area contributed by atoms with Crippen molar-refractivity contribution in [2.75, 3.05) is 12.4 Å². The van der Waals surface area contributed by atoms with Crippen LogP contribution < -0.4 is 5.32 Å². The first-order valence-electron chi connectivity index (χ1n) is 10.2. The molecule has 2 aliphatic rings. The van der Waals surface area contributed by atoms with E-state index in [1.54, 1.807) is 6.20 Å². The van der Waals surface area contributed by atoms with Crippen molar-refractivity contribution in [1.82, 2.24) is 9.55 Å². The molecule has 5 rings (SSSR count). The highest BCUT2D eigenvalue weighted by Crippen LogP contribution is 2.45. The van der Waals surface area contributed by atoms with Crippen LogP contribution in [0.5, 0.6) is 0 Å². The first-order chi connectivity index (χ1) is 14.2. The van der Waals surface area contributed by atoms with Gasteiger partial charge in [-0.2, -0.15) is 0 Å². The number of ether oxygens (including phenoxy) is 1. The predicted molar refractivity (Wildman–Crippen MR) is 111 cm³/mol. The number of nitrogens with zero attached hydrogens (tertiary/aromatic N) is 2. The fourth-order valence-electron chi connectivity index (χ4n) is 4.87. The van der Waals surface area contributed by atoms with E-state index in [2.05, 4.69) is 10.3 Å². The fraction of sp³-hybridized carbons (Fsp3) is 0.348. The van der Waals surface area contributed by atoms with Crippen LogP contribution in [-0.4, -0.2) is 28.5 Å². The fourth-order valence-corrected chi connectivity index (χ4v) is 4.87. The molecule has 1 amide bonds. The minimum absolute atomic E-state index is 0.0893. The third kappa shape index (κ3) is 2.90. The van der Waals surface area contributed by atoms with E-state index < -0.39 is 0 Å². The number of carbonyl (C=O) groups is 2. The Kier molecular flexibility index (Phi) is 4.34. The van der Waals surface area contributed by atoms with Gasteiger partial charge in [0.2, 0.25) is 5.91 Å². The summed E-state index contributed by atoms with van der Waals surface area (Å²) in [6, 6.07) is 9.41. The molecule has 1 aliphatic heterocycles. The maximum absolute atomic E-state index is 12.7. The third-order valence-electron chi connectivity index (χ3n) is 6.15. The Bertz CT molecular complexity index is 1130. The van der Waals surface area contributed by atoms with Crippen LogP contribution in [0.1, 0.15) is 53.9 Å². The highest BCUT2D eigenvalue weighted by Gasteiger charge is 2.31. The van der Waals surface area contributed by atoms with Gasteiger partial charge in [0.1, 0.15) is 12.2 Å². The van der Waals surface area contributed by atoms with E-state index in [0.717, 1.165) is 40.8 Å². The Balaban J connectivity index is 1.84. The van der Waals surface area contributed by atoms with Gasteiger partial charge in [-0.3, -0.25) is 9.78 Å².